The van der Waals surface area contributed by atoms with E-state index in [1.807, 2.05) is 18.2 Å². The third-order valence-corrected chi connectivity index (χ3v) is 9.40. The van der Waals surface area contributed by atoms with Crippen LogP contribution in [0.25, 0.3) is 6.08 Å². The molecule has 1 aliphatic heterocycles. The normalized spacial score (nSPS) is 16.3. The van der Waals surface area contributed by atoms with Crippen LogP contribution in [0.2, 0.25) is 0 Å². The maximum absolute atomic E-state index is 12.9. The van der Waals surface area contributed by atoms with E-state index < -0.39 is 10.0 Å². The summed E-state index contributed by atoms with van der Waals surface area (Å²) in [5, 5.41) is 1.84. The van der Waals surface area contributed by atoms with Crippen molar-refractivity contribution in [2.24, 2.45) is 4.40 Å². The first-order valence-corrected chi connectivity index (χ1v) is 15.4. The monoisotopic (exact) mass is 550 g/mol. The van der Waals surface area contributed by atoms with Crippen LogP contribution < -0.4 is 9.47 Å². The van der Waals surface area contributed by atoms with Gasteiger partial charge in [0.15, 0.2) is 16.7 Å². The molecule has 0 spiro atoms. The molecule has 0 aliphatic carbocycles. The van der Waals surface area contributed by atoms with E-state index in [-0.39, 0.29) is 15.3 Å². The number of carbonyl (C=O) groups is 1. The molecule has 1 aromatic carbocycles. The molecule has 7 nitrogen and oxygen atoms in total. The number of thioether (sulfide) groups is 1. The van der Waals surface area contributed by atoms with Crippen molar-refractivity contribution in [3.8, 4) is 11.5 Å². The van der Waals surface area contributed by atoms with E-state index >= 15 is 0 Å². The van der Waals surface area contributed by atoms with Gasteiger partial charge in [0.05, 0.1) is 18.6 Å². The molecular formula is C26H34N2O5S3. The summed E-state index contributed by atoms with van der Waals surface area (Å²) in [6, 6.07) is 8.67. The van der Waals surface area contributed by atoms with Crippen molar-refractivity contribution in [1.82, 2.24) is 4.90 Å². The van der Waals surface area contributed by atoms with Crippen LogP contribution in [-0.4, -0.2) is 44.7 Å². The lowest BCUT2D eigenvalue weighted by molar-refractivity contribution is -0.122. The lowest BCUT2D eigenvalue weighted by Gasteiger charge is -2.12. The molecule has 2 aromatic rings. The number of methoxy groups -OCH3 is 1. The zero-order valence-electron chi connectivity index (χ0n) is 21.1. The molecule has 2 heterocycles. The SMILES string of the molecule is CCCCCCCCCOc1ccc(/C=C2\SC(=NS(=O)(=O)c3cccs3)N(CC)C2=O)cc1OC. The molecule has 0 N–H and O–H groups in total. The minimum absolute atomic E-state index is 0.147. The first kappa shape index (κ1) is 28.3. The standard InChI is InChI=1S/C26H34N2O5S3/c1-4-6-7-8-9-10-11-16-33-21-15-14-20(18-22(21)32-3)19-23-25(29)28(5-2)26(35-23)27-36(30,31)24-13-12-17-34-24/h12-15,17-19H,4-11,16H2,1-3H3/b23-19-,27-26?. The van der Waals surface area contributed by atoms with Gasteiger partial charge in [0.2, 0.25) is 0 Å². The smallest absolute Gasteiger partial charge is 0.294 e. The average Bonchev–Trinajstić information content (AvgIpc) is 3.50. The molecule has 36 heavy (non-hydrogen) atoms. The molecule has 1 aliphatic rings. The van der Waals surface area contributed by atoms with Crippen LogP contribution in [0.4, 0.5) is 0 Å². The van der Waals surface area contributed by atoms with Crippen LogP contribution in [0, 0.1) is 0 Å². The number of hydrogen-bond donors (Lipinski definition) is 0. The molecule has 1 saturated heterocycles. The summed E-state index contributed by atoms with van der Waals surface area (Å²) in [5.74, 6) is 0.973. The number of amidine groups is 1. The molecule has 1 aromatic heterocycles. The number of likely N-dealkylation sites (N-methyl/N-ethyl adjacent to an activating group) is 1. The van der Waals surface area contributed by atoms with Crippen molar-refractivity contribution >= 4 is 50.3 Å². The number of amides is 1. The number of benzene rings is 1. The van der Waals surface area contributed by atoms with Crippen molar-refractivity contribution in [1.29, 1.82) is 0 Å². The number of unbranched alkanes of at least 4 members (excludes halogenated alkanes) is 6. The fourth-order valence-corrected chi connectivity index (χ4v) is 6.91. The van der Waals surface area contributed by atoms with Crippen LogP contribution in [0.3, 0.4) is 0 Å². The van der Waals surface area contributed by atoms with Gasteiger partial charge in [-0.05, 0) is 60.3 Å². The second kappa shape index (κ2) is 13.9. The van der Waals surface area contributed by atoms with E-state index in [9.17, 15) is 13.2 Å². The Labute approximate surface area is 222 Å². The Morgan fingerprint density at radius 3 is 2.44 bits per heavy atom. The highest BCUT2D eigenvalue weighted by Gasteiger charge is 2.34. The van der Waals surface area contributed by atoms with Crippen LogP contribution in [-0.2, 0) is 14.8 Å². The predicted octanol–water partition coefficient (Wildman–Crippen LogP) is 6.57. The van der Waals surface area contributed by atoms with Gasteiger partial charge in [-0.1, -0.05) is 57.6 Å². The Morgan fingerprint density at radius 1 is 1.03 bits per heavy atom. The average molecular weight is 551 g/mol. The quantitative estimate of drug-likeness (QED) is 0.195. The van der Waals surface area contributed by atoms with E-state index in [0.717, 1.165) is 41.5 Å². The second-order valence-corrected chi connectivity index (χ2v) is 12.1. The van der Waals surface area contributed by atoms with Crippen LogP contribution in [0.5, 0.6) is 11.5 Å². The molecular weight excluding hydrogens is 516 g/mol. The number of hydrogen-bond acceptors (Lipinski definition) is 7. The fraction of sp³-hybridized carbons (Fsp3) is 0.462. The number of nitrogens with zero attached hydrogens (tertiary/aromatic N) is 2. The van der Waals surface area contributed by atoms with Gasteiger partial charge in [0.25, 0.3) is 15.9 Å². The largest absolute Gasteiger partial charge is 0.493 e. The molecule has 0 atom stereocenters. The van der Waals surface area contributed by atoms with Gasteiger partial charge in [-0.3, -0.25) is 9.69 Å². The summed E-state index contributed by atoms with van der Waals surface area (Å²) >= 11 is 2.15. The Bertz CT molecular complexity index is 1170. The van der Waals surface area contributed by atoms with E-state index in [2.05, 4.69) is 11.3 Å². The van der Waals surface area contributed by atoms with Crippen LogP contribution in [0.15, 0.2) is 49.2 Å². The first-order valence-electron chi connectivity index (χ1n) is 12.3. The van der Waals surface area contributed by atoms with Gasteiger partial charge in [0, 0.05) is 6.54 Å². The maximum atomic E-state index is 12.9. The maximum Gasteiger partial charge on any atom is 0.294 e. The molecule has 10 heteroatoms. The molecule has 0 unspecified atom stereocenters. The first-order chi connectivity index (χ1) is 17.4. The summed E-state index contributed by atoms with van der Waals surface area (Å²) in [6.07, 6.45) is 10.2. The lowest BCUT2D eigenvalue weighted by atomic mass is 10.1. The zero-order valence-corrected chi connectivity index (χ0v) is 23.5. The zero-order chi connectivity index (χ0) is 26.0. The van der Waals surface area contributed by atoms with Gasteiger partial charge >= 0.3 is 0 Å². The van der Waals surface area contributed by atoms with E-state index in [1.165, 1.54) is 43.1 Å². The van der Waals surface area contributed by atoms with Gasteiger partial charge in [-0.2, -0.15) is 8.42 Å². The summed E-state index contributed by atoms with van der Waals surface area (Å²) in [4.78, 5) is 14.7. The molecule has 0 saturated carbocycles. The molecule has 3 rings (SSSR count). The third-order valence-electron chi connectivity index (χ3n) is 5.64. The highest BCUT2D eigenvalue weighted by molar-refractivity contribution is 8.19. The summed E-state index contributed by atoms with van der Waals surface area (Å²) in [5.41, 5.74) is 0.754. The van der Waals surface area contributed by atoms with Crippen molar-refractivity contribution in [3.63, 3.8) is 0 Å². The van der Waals surface area contributed by atoms with Gasteiger partial charge in [-0.25, -0.2) is 0 Å². The molecule has 0 bridgehead atoms. The van der Waals surface area contributed by atoms with Crippen LogP contribution in [0.1, 0.15) is 64.4 Å². The van der Waals surface area contributed by atoms with E-state index in [1.54, 1.807) is 31.6 Å². The van der Waals surface area contributed by atoms with Gasteiger partial charge in [-0.15, -0.1) is 15.7 Å². The highest BCUT2D eigenvalue weighted by Crippen LogP contribution is 2.35. The Morgan fingerprint density at radius 2 is 1.78 bits per heavy atom. The van der Waals surface area contributed by atoms with Crippen molar-refractivity contribution in [2.75, 3.05) is 20.3 Å². The minimum Gasteiger partial charge on any atom is -0.493 e. The Kier molecular flexibility index (Phi) is 10.9. The minimum atomic E-state index is -3.87. The fourth-order valence-electron chi connectivity index (χ4n) is 3.70. The lowest BCUT2D eigenvalue weighted by Crippen LogP contribution is -2.29. The summed E-state index contributed by atoms with van der Waals surface area (Å²) < 4.78 is 40.8. The number of sulfonamides is 1. The Hall–Kier alpha value is -2.30. The third kappa shape index (κ3) is 7.60. The number of thiophene rings is 1. The molecule has 1 fully saturated rings. The van der Waals surface area contributed by atoms with E-state index in [0.29, 0.717) is 29.6 Å². The van der Waals surface area contributed by atoms with Crippen LogP contribution >= 0.6 is 23.1 Å². The van der Waals surface area contributed by atoms with E-state index in [4.69, 9.17) is 9.47 Å². The second-order valence-electron chi connectivity index (χ2n) is 8.32. The number of carbonyl (C=O) groups excluding carboxylic acids is 1. The Balaban J connectivity index is 1.67. The summed E-state index contributed by atoms with van der Waals surface area (Å²) in [7, 11) is -2.29. The van der Waals surface area contributed by atoms with Gasteiger partial charge in [0.1, 0.15) is 4.21 Å². The molecule has 196 valence electrons. The summed E-state index contributed by atoms with van der Waals surface area (Å²) in [6.45, 7) is 4.95. The number of rotatable bonds is 14. The van der Waals surface area contributed by atoms with Gasteiger partial charge < -0.3 is 9.47 Å². The molecule has 0 radical (unpaired) electrons. The number of ether oxygens (including phenoxy) is 2. The van der Waals surface area contributed by atoms with Crippen molar-refractivity contribution in [2.45, 2.75) is 63.0 Å². The molecule has 1 amide bonds. The predicted molar refractivity (Wildman–Crippen MR) is 148 cm³/mol. The van der Waals surface area contributed by atoms with Crippen molar-refractivity contribution in [3.05, 3.63) is 46.2 Å². The topological polar surface area (TPSA) is 85.3 Å². The highest BCUT2D eigenvalue weighted by atomic mass is 32.2. The van der Waals surface area contributed by atoms with Crippen molar-refractivity contribution < 1.29 is 22.7 Å².